The Morgan fingerprint density at radius 3 is 2.12 bits per heavy atom. The number of sulfonamides is 1. The van der Waals surface area contributed by atoms with Crippen LogP contribution in [0.25, 0.3) is 10.8 Å². The van der Waals surface area contributed by atoms with Crippen LogP contribution in [0.5, 0.6) is 0 Å². The van der Waals surface area contributed by atoms with E-state index in [4.69, 9.17) is 0 Å². The SMILES string of the molecule is CCCS(=O)(=O)NCCN1C(=O)c2cccc3cccc(c23)C1=O. The topological polar surface area (TPSA) is 83.6 Å². The van der Waals surface area contributed by atoms with Crippen LogP contribution in [0.1, 0.15) is 34.1 Å². The predicted molar refractivity (Wildman–Crippen MR) is 91.4 cm³/mol. The van der Waals surface area contributed by atoms with Crippen LogP contribution in [0.15, 0.2) is 36.4 Å². The van der Waals surface area contributed by atoms with Gasteiger partial charge >= 0.3 is 0 Å². The molecule has 1 N–H and O–H groups in total. The maximum Gasteiger partial charge on any atom is 0.261 e. The molecule has 2 aromatic carbocycles. The van der Waals surface area contributed by atoms with E-state index < -0.39 is 10.0 Å². The first-order chi connectivity index (χ1) is 11.4. The molecule has 126 valence electrons. The van der Waals surface area contributed by atoms with Crippen LogP contribution in [0.4, 0.5) is 0 Å². The van der Waals surface area contributed by atoms with Gasteiger partial charge < -0.3 is 0 Å². The van der Waals surface area contributed by atoms with Crippen LogP contribution in [-0.2, 0) is 10.0 Å². The third kappa shape index (κ3) is 2.92. The summed E-state index contributed by atoms with van der Waals surface area (Å²) in [5, 5.41) is 1.51. The van der Waals surface area contributed by atoms with E-state index in [9.17, 15) is 18.0 Å². The average molecular weight is 346 g/mol. The maximum absolute atomic E-state index is 12.6. The van der Waals surface area contributed by atoms with Crippen LogP contribution in [0.2, 0.25) is 0 Å². The summed E-state index contributed by atoms with van der Waals surface area (Å²) in [6.07, 6.45) is 0.506. The van der Waals surface area contributed by atoms with E-state index in [0.29, 0.717) is 22.9 Å². The number of rotatable bonds is 6. The number of hydrogen-bond donors (Lipinski definition) is 1. The lowest BCUT2D eigenvalue weighted by molar-refractivity contribution is 0.0614. The Morgan fingerprint density at radius 1 is 1.00 bits per heavy atom. The fourth-order valence-corrected chi connectivity index (χ4v) is 4.02. The molecule has 0 unspecified atom stereocenters. The fraction of sp³-hybridized carbons (Fsp3) is 0.294. The summed E-state index contributed by atoms with van der Waals surface area (Å²) in [5.41, 5.74) is 0.943. The van der Waals surface area contributed by atoms with Crippen LogP contribution >= 0.6 is 0 Å². The van der Waals surface area contributed by atoms with Gasteiger partial charge in [-0.2, -0.15) is 0 Å². The molecule has 0 saturated heterocycles. The molecule has 0 aromatic heterocycles. The molecule has 0 fully saturated rings. The van der Waals surface area contributed by atoms with Crippen molar-refractivity contribution in [1.82, 2.24) is 9.62 Å². The molecule has 1 aliphatic heterocycles. The summed E-state index contributed by atoms with van der Waals surface area (Å²) in [5.74, 6) is -0.755. The molecule has 0 radical (unpaired) electrons. The molecule has 3 rings (SSSR count). The van der Waals surface area contributed by atoms with Crippen molar-refractivity contribution >= 4 is 32.6 Å². The summed E-state index contributed by atoms with van der Waals surface area (Å²) in [6, 6.07) is 10.6. The molecule has 0 aliphatic carbocycles. The van der Waals surface area contributed by atoms with Gasteiger partial charge in [-0.05, 0) is 23.9 Å². The Morgan fingerprint density at radius 2 is 1.58 bits per heavy atom. The highest BCUT2D eigenvalue weighted by atomic mass is 32.2. The smallest absolute Gasteiger partial charge is 0.261 e. The lowest BCUT2D eigenvalue weighted by atomic mass is 9.94. The largest absolute Gasteiger partial charge is 0.273 e. The van der Waals surface area contributed by atoms with Crippen molar-refractivity contribution in [2.75, 3.05) is 18.8 Å². The van der Waals surface area contributed by atoms with Gasteiger partial charge in [0.15, 0.2) is 0 Å². The number of hydrogen-bond acceptors (Lipinski definition) is 4. The van der Waals surface area contributed by atoms with Gasteiger partial charge in [-0.25, -0.2) is 13.1 Å². The number of nitrogens with zero attached hydrogens (tertiary/aromatic N) is 1. The van der Waals surface area contributed by atoms with Gasteiger partial charge in [0.1, 0.15) is 0 Å². The second-order valence-electron chi connectivity index (χ2n) is 5.68. The van der Waals surface area contributed by atoms with E-state index in [1.807, 2.05) is 12.1 Å². The molecule has 0 bridgehead atoms. The zero-order valence-electron chi connectivity index (χ0n) is 13.3. The van der Waals surface area contributed by atoms with Crippen LogP contribution in [0, 0.1) is 0 Å². The number of carbonyl (C=O) groups excluding carboxylic acids is 2. The first-order valence-corrected chi connectivity index (χ1v) is 9.45. The van der Waals surface area contributed by atoms with Crippen molar-refractivity contribution in [2.24, 2.45) is 0 Å². The quantitative estimate of drug-likeness (QED) is 0.808. The van der Waals surface area contributed by atoms with Crippen molar-refractivity contribution in [3.63, 3.8) is 0 Å². The lowest BCUT2D eigenvalue weighted by Crippen LogP contribution is -2.44. The number of benzene rings is 2. The predicted octanol–water partition coefficient (Wildman–Crippen LogP) is 1.77. The van der Waals surface area contributed by atoms with Crippen molar-refractivity contribution in [2.45, 2.75) is 13.3 Å². The monoisotopic (exact) mass is 346 g/mol. The molecule has 1 heterocycles. The molecule has 0 atom stereocenters. The highest BCUT2D eigenvalue weighted by Gasteiger charge is 2.32. The molecule has 0 saturated carbocycles. The third-order valence-corrected chi connectivity index (χ3v) is 5.58. The summed E-state index contributed by atoms with van der Waals surface area (Å²) in [4.78, 5) is 26.3. The molecule has 6 nitrogen and oxygen atoms in total. The Kier molecular flexibility index (Phi) is 4.38. The number of imide groups is 1. The zero-order valence-corrected chi connectivity index (χ0v) is 14.1. The Bertz CT molecular complexity index is 871. The molecule has 2 aromatic rings. The third-order valence-electron chi connectivity index (χ3n) is 3.99. The van der Waals surface area contributed by atoms with Crippen molar-refractivity contribution in [3.05, 3.63) is 47.5 Å². The molecule has 0 spiro atoms. The molecule has 7 heteroatoms. The van der Waals surface area contributed by atoms with Crippen LogP contribution in [0.3, 0.4) is 0 Å². The minimum atomic E-state index is -3.37. The second kappa shape index (κ2) is 6.33. The van der Waals surface area contributed by atoms with E-state index in [2.05, 4.69) is 4.72 Å². The molecular formula is C17H18N2O4S. The van der Waals surface area contributed by atoms with E-state index in [0.717, 1.165) is 10.3 Å². The van der Waals surface area contributed by atoms with Crippen molar-refractivity contribution < 1.29 is 18.0 Å². The first-order valence-electron chi connectivity index (χ1n) is 7.80. The van der Waals surface area contributed by atoms with Gasteiger partial charge in [-0.3, -0.25) is 14.5 Å². The van der Waals surface area contributed by atoms with Gasteiger partial charge in [0.05, 0.1) is 5.75 Å². The number of nitrogens with one attached hydrogen (secondary N) is 1. The van der Waals surface area contributed by atoms with Gasteiger partial charge in [-0.15, -0.1) is 0 Å². The molecule has 2 amide bonds. The highest BCUT2D eigenvalue weighted by molar-refractivity contribution is 7.89. The van der Waals surface area contributed by atoms with E-state index in [1.165, 1.54) is 0 Å². The standard InChI is InChI=1S/C17H18N2O4S/c1-2-11-24(22,23)18-9-10-19-16(20)13-7-3-5-12-6-4-8-14(15(12)13)17(19)21/h3-8,18H,2,9-11H2,1H3. The fourth-order valence-electron chi connectivity index (χ4n) is 2.94. The maximum atomic E-state index is 12.6. The number of carbonyl (C=O) groups is 2. The number of amides is 2. The van der Waals surface area contributed by atoms with E-state index in [-0.39, 0.29) is 30.7 Å². The minimum absolute atomic E-state index is 0.00529. The van der Waals surface area contributed by atoms with Crippen molar-refractivity contribution in [1.29, 1.82) is 0 Å². The summed E-state index contributed by atoms with van der Waals surface area (Å²) in [6.45, 7) is 1.79. The van der Waals surface area contributed by atoms with E-state index >= 15 is 0 Å². The Hall–Kier alpha value is -2.25. The minimum Gasteiger partial charge on any atom is -0.273 e. The average Bonchev–Trinajstić information content (AvgIpc) is 2.55. The normalized spacial score (nSPS) is 14.5. The zero-order chi connectivity index (χ0) is 17.3. The summed E-state index contributed by atoms with van der Waals surface area (Å²) >= 11 is 0. The molecule has 24 heavy (non-hydrogen) atoms. The summed E-state index contributed by atoms with van der Waals surface area (Å²) < 4.78 is 25.8. The molecular weight excluding hydrogens is 328 g/mol. The van der Waals surface area contributed by atoms with E-state index in [1.54, 1.807) is 31.2 Å². The Labute approximate surface area is 140 Å². The molecule has 1 aliphatic rings. The Balaban J connectivity index is 1.85. The highest BCUT2D eigenvalue weighted by Crippen LogP contribution is 2.29. The van der Waals surface area contributed by atoms with Gasteiger partial charge in [0.2, 0.25) is 10.0 Å². The lowest BCUT2D eigenvalue weighted by Gasteiger charge is -2.27. The van der Waals surface area contributed by atoms with Gasteiger partial charge in [-0.1, -0.05) is 31.2 Å². The van der Waals surface area contributed by atoms with Crippen LogP contribution < -0.4 is 4.72 Å². The van der Waals surface area contributed by atoms with Crippen LogP contribution in [-0.4, -0.2) is 44.0 Å². The van der Waals surface area contributed by atoms with Gasteiger partial charge in [0, 0.05) is 29.6 Å². The first kappa shape index (κ1) is 16.6. The second-order valence-corrected chi connectivity index (χ2v) is 7.61. The van der Waals surface area contributed by atoms with Gasteiger partial charge in [0.25, 0.3) is 11.8 Å². The summed E-state index contributed by atoms with van der Waals surface area (Å²) in [7, 11) is -3.37. The van der Waals surface area contributed by atoms with Crippen molar-refractivity contribution in [3.8, 4) is 0 Å².